The number of aromatic nitrogens is 2. The number of benzene rings is 1. The van der Waals surface area contributed by atoms with E-state index in [2.05, 4.69) is 39.5 Å². The summed E-state index contributed by atoms with van der Waals surface area (Å²) in [5.41, 5.74) is 4.94. The molecule has 0 radical (unpaired) electrons. The van der Waals surface area contributed by atoms with Crippen molar-refractivity contribution in [3.8, 4) is 0 Å². The molecule has 0 unspecified atom stereocenters. The van der Waals surface area contributed by atoms with Gasteiger partial charge in [-0.25, -0.2) is 4.98 Å². The van der Waals surface area contributed by atoms with Gasteiger partial charge in [-0.3, -0.25) is 4.79 Å². The van der Waals surface area contributed by atoms with E-state index in [1.54, 1.807) is 6.20 Å². The highest BCUT2D eigenvalue weighted by Gasteiger charge is 2.22. The third-order valence-corrected chi connectivity index (χ3v) is 4.53. The van der Waals surface area contributed by atoms with Crippen LogP contribution in [0.2, 0.25) is 0 Å². The largest absolute Gasteiger partial charge is 0.390 e. The van der Waals surface area contributed by atoms with Gasteiger partial charge >= 0.3 is 0 Å². The van der Waals surface area contributed by atoms with E-state index in [1.807, 2.05) is 30.5 Å². The zero-order chi connectivity index (χ0) is 17.9. The number of carbonyl (C=O) groups is 1. The van der Waals surface area contributed by atoms with Gasteiger partial charge in [0, 0.05) is 24.2 Å². The Labute approximate surface area is 151 Å². The lowest BCUT2D eigenvalue weighted by atomic mass is 10.0. The Morgan fingerprint density at radius 1 is 1.31 bits per heavy atom. The van der Waals surface area contributed by atoms with Gasteiger partial charge in [0.1, 0.15) is 11.8 Å². The maximum absolute atomic E-state index is 12.3. The maximum atomic E-state index is 12.3. The van der Waals surface area contributed by atoms with Crippen molar-refractivity contribution in [2.24, 2.45) is 5.16 Å². The molecule has 26 heavy (non-hydrogen) atoms. The molecule has 2 N–H and O–H groups in total. The number of hydrogen-bond donors (Lipinski definition) is 2. The maximum Gasteiger partial charge on any atom is 0.224 e. The number of oxime groups is 1. The highest BCUT2D eigenvalue weighted by molar-refractivity contribution is 6.01. The second-order valence-corrected chi connectivity index (χ2v) is 6.53. The van der Waals surface area contributed by atoms with Gasteiger partial charge in [-0.05, 0) is 30.2 Å². The van der Waals surface area contributed by atoms with Crippen molar-refractivity contribution >= 4 is 22.7 Å². The van der Waals surface area contributed by atoms with Crippen LogP contribution in [0.1, 0.15) is 23.1 Å². The molecule has 0 saturated heterocycles. The summed E-state index contributed by atoms with van der Waals surface area (Å²) in [7, 11) is 0. The molecule has 0 fully saturated rings. The summed E-state index contributed by atoms with van der Waals surface area (Å²) in [6.45, 7) is 2.50. The van der Waals surface area contributed by atoms with Gasteiger partial charge in [-0.2, -0.15) is 0 Å². The number of fused-ring (bicyclic) bond motifs is 1. The van der Waals surface area contributed by atoms with Gasteiger partial charge in [0.25, 0.3) is 0 Å². The molecule has 1 atom stereocenters. The molecule has 2 aromatic heterocycles. The SMILES string of the molecule is Cc1ccc(C2=NO[C@H](CNC(=O)Cc3c[nH]c4ncccc34)C2)cc1. The number of rotatable bonds is 5. The zero-order valence-electron chi connectivity index (χ0n) is 14.5. The molecule has 6 nitrogen and oxygen atoms in total. The first kappa shape index (κ1) is 16.3. The van der Waals surface area contributed by atoms with Crippen LogP contribution in [0, 0.1) is 6.92 Å². The molecular formula is C20H20N4O2. The van der Waals surface area contributed by atoms with Crippen molar-refractivity contribution in [2.75, 3.05) is 6.54 Å². The number of pyridine rings is 1. The highest BCUT2D eigenvalue weighted by Crippen LogP contribution is 2.18. The molecule has 4 rings (SSSR count). The topological polar surface area (TPSA) is 79.4 Å². The summed E-state index contributed by atoms with van der Waals surface area (Å²) in [4.78, 5) is 25.0. The summed E-state index contributed by atoms with van der Waals surface area (Å²) in [6, 6.07) is 12.0. The Morgan fingerprint density at radius 2 is 2.15 bits per heavy atom. The Hall–Kier alpha value is -3.15. The van der Waals surface area contributed by atoms with E-state index in [1.165, 1.54) is 5.56 Å². The van der Waals surface area contributed by atoms with Gasteiger partial charge in [0.15, 0.2) is 0 Å². The molecule has 3 aromatic rings. The fraction of sp³-hybridized carbons (Fsp3) is 0.250. The first-order valence-electron chi connectivity index (χ1n) is 8.66. The standard InChI is InChI=1S/C20H20N4O2/c1-13-4-6-14(7-5-13)18-10-16(26-24-18)12-22-19(25)9-15-11-23-20-17(15)3-2-8-21-20/h2-8,11,16H,9-10,12H2,1H3,(H,21,23)(H,22,25)/t16-/m0/s1. The van der Waals surface area contributed by atoms with Crippen LogP contribution < -0.4 is 5.32 Å². The molecule has 6 heteroatoms. The molecule has 1 aliphatic rings. The van der Waals surface area contributed by atoms with E-state index >= 15 is 0 Å². The number of carbonyl (C=O) groups excluding carboxylic acids is 1. The average Bonchev–Trinajstić information content (AvgIpc) is 3.28. The molecular weight excluding hydrogens is 328 g/mol. The second-order valence-electron chi connectivity index (χ2n) is 6.53. The van der Waals surface area contributed by atoms with Crippen LogP contribution in [-0.4, -0.2) is 34.2 Å². The van der Waals surface area contributed by atoms with E-state index in [4.69, 9.17) is 4.84 Å². The summed E-state index contributed by atoms with van der Waals surface area (Å²) >= 11 is 0. The van der Waals surface area contributed by atoms with Crippen molar-refractivity contribution in [3.05, 3.63) is 65.5 Å². The van der Waals surface area contributed by atoms with Gasteiger partial charge in [0.2, 0.25) is 5.91 Å². The average molecular weight is 348 g/mol. The first-order chi connectivity index (χ1) is 12.7. The number of aryl methyl sites for hydroxylation is 1. The predicted octanol–water partition coefficient (Wildman–Crippen LogP) is 2.72. The van der Waals surface area contributed by atoms with Gasteiger partial charge < -0.3 is 15.1 Å². The molecule has 1 aromatic carbocycles. The minimum atomic E-state index is -0.125. The zero-order valence-corrected chi connectivity index (χ0v) is 14.5. The predicted molar refractivity (Wildman–Crippen MR) is 100 cm³/mol. The molecule has 0 saturated carbocycles. The number of hydrogen-bond acceptors (Lipinski definition) is 4. The number of nitrogens with one attached hydrogen (secondary N) is 2. The molecule has 0 aliphatic carbocycles. The van der Waals surface area contributed by atoms with Crippen molar-refractivity contribution < 1.29 is 9.63 Å². The van der Waals surface area contributed by atoms with Gasteiger partial charge in [-0.15, -0.1) is 0 Å². The van der Waals surface area contributed by atoms with E-state index in [-0.39, 0.29) is 12.0 Å². The monoisotopic (exact) mass is 348 g/mol. The normalized spacial score (nSPS) is 16.3. The Morgan fingerprint density at radius 3 is 3.00 bits per heavy atom. The second kappa shape index (κ2) is 7.00. The number of aromatic amines is 1. The molecule has 1 amide bonds. The summed E-state index contributed by atoms with van der Waals surface area (Å²) in [5, 5.41) is 8.08. The lowest BCUT2D eigenvalue weighted by molar-refractivity contribution is -0.121. The van der Waals surface area contributed by atoms with E-state index in [0.717, 1.165) is 27.9 Å². The molecule has 0 spiro atoms. The fourth-order valence-corrected chi connectivity index (χ4v) is 3.08. The van der Waals surface area contributed by atoms with E-state index in [0.29, 0.717) is 19.4 Å². The third kappa shape index (κ3) is 3.44. The Kier molecular flexibility index (Phi) is 4.39. The number of nitrogens with zero attached hydrogens (tertiary/aromatic N) is 2. The number of H-pyrrole nitrogens is 1. The highest BCUT2D eigenvalue weighted by atomic mass is 16.6. The summed E-state index contributed by atoms with van der Waals surface area (Å²) in [6.07, 6.45) is 4.44. The molecule has 1 aliphatic heterocycles. The fourth-order valence-electron chi connectivity index (χ4n) is 3.08. The van der Waals surface area contributed by atoms with Crippen molar-refractivity contribution in [1.29, 1.82) is 0 Å². The van der Waals surface area contributed by atoms with Crippen molar-refractivity contribution in [2.45, 2.75) is 25.9 Å². The minimum absolute atomic E-state index is 0.0397. The third-order valence-electron chi connectivity index (χ3n) is 4.53. The van der Waals surface area contributed by atoms with Crippen molar-refractivity contribution in [1.82, 2.24) is 15.3 Å². The number of amides is 1. The van der Waals surface area contributed by atoms with Crippen molar-refractivity contribution in [3.63, 3.8) is 0 Å². The van der Waals surface area contributed by atoms with Crippen LogP contribution in [0.3, 0.4) is 0 Å². The molecule has 3 heterocycles. The summed E-state index contributed by atoms with van der Waals surface area (Å²) < 4.78 is 0. The van der Waals surface area contributed by atoms with Crippen LogP contribution in [0.5, 0.6) is 0 Å². The first-order valence-corrected chi connectivity index (χ1v) is 8.66. The minimum Gasteiger partial charge on any atom is -0.390 e. The van der Waals surface area contributed by atoms with E-state index in [9.17, 15) is 4.79 Å². The Balaban J connectivity index is 1.30. The molecule has 132 valence electrons. The van der Waals surface area contributed by atoms with Crippen LogP contribution in [0.15, 0.2) is 53.9 Å². The lowest BCUT2D eigenvalue weighted by Crippen LogP contribution is -2.33. The summed E-state index contributed by atoms with van der Waals surface area (Å²) in [5.74, 6) is -0.0397. The van der Waals surface area contributed by atoms with Crippen LogP contribution in [0.4, 0.5) is 0 Å². The lowest BCUT2D eigenvalue weighted by Gasteiger charge is -2.09. The smallest absolute Gasteiger partial charge is 0.224 e. The van der Waals surface area contributed by atoms with E-state index < -0.39 is 0 Å². The van der Waals surface area contributed by atoms with Crippen LogP contribution in [-0.2, 0) is 16.1 Å². The van der Waals surface area contributed by atoms with Crippen LogP contribution in [0.25, 0.3) is 11.0 Å². The van der Waals surface area contributed by atoms with Crippen LogP contribution >= 0.6 is 0 Å². The Bertz CT molecular complexity index is 959. The van der Waals surface area contributed by atoms with Gasteiger partial charge in [0.05, 0.1) is 18.7 Å². The van der Waals surface area contributed by atoms with Gasteiger partial charge in [-0.1, -0.05) is 35.0 Å². The quantitative estimate of drug-likeness (QED) is 0.744. The molecule has 0 bridgehead atoms.